The lowest BCUT2D eigenvalue weighted by molar-refractivity contribution is -0.137. The molecular weight excluding hydrogens is 494 g/mol. The summed E-state index contributed by atoms with van der Waals surface area (Å²) in [6, 6.07) is 21.9. The molecule has 6 heteroatoms. The molecule has 0 aliphatic carbocycles. The monoisotopic (exact) mass is 537 g/mol. The minimum Gasteiger partial charge on any atom is -0.468 e. The zero-order chi connectivity index (χ0) is 26.7. The summed E-state index contributed by atoms with van der Waals surface area (Å²) in [7, 11) is -1.05. The third kappa shape index (κ3) is 8.16. The maximum absolute atomic E-state index is 11.5. The lowest BCUT2D eigenvalue weighted by Crippen LogP contribution is -2.66. The number of ether oxygens (including phenoxy) is 1. The van der Waals surface area contributed by atoms with Crippen molar-refractivity contribution in [1.29, 1.82) is 0 Å². The normalized spacial score (nSPS) is 18.6. The van der Waals surface area contributed by atoms with Crippen molar-refractivity contribution in [3.63, 3.8) is 0 Å². The molecule has 1 heterocycles. The Hall–Kier alpha value is -2.15. The standard InChI is InChI=1S/C31H43NO3SSi/c1-25-22-26(32-29(23-25)36-24-30(33)34-5)16-10-6-7-15-21-35-37(31(2,3)4,27-17-11-8-12-18-27)28-19-13-9-14-20-28/h7-9,11-15,17-20,25-26H,6,10,16,21-24H2,1-5H3/b15-7-/t25-,26+/m0/s1. The Bertz CT molecular complexity index is 994. The molecule has 0 spiro atoms. The maximum atomic E-state index is 11.5. The second-order valence-electron chi connectivity index (χ2n) is 11.0. The van der Waals surface area contributed by atoms with Gasteiger partial charge in [0, 0.05) is 0 Å². The second kappa shape index (κ2) is 14.1. The molecule has 3 rings (SSSR count). The SMILES string of the molecule is COC(=O)CSC1=N[C@H](CCC/C=C\CO[Si](c2ccccc2)(c2ccccc2)C(C)(C)C)C[C@H](C)C1. The predicted octanol–water partition coefficient (Wildman–Crippen LogP) is 6.39. The number of unbranched alkanes of at least 4 members (excludes halogenated alkanes) is 1. The Balaban J connectivity index is 1.58. The summed E-state index contributed by atoms with van der Waals surface area (Å²) < 4.78 is 11.7. The first-order valence-electron chi connectivity index (χ1n) is 13.4. The van der Waals surface area contributed by atoms with Gasteiger partial charge < -0.3 is 9.16 Å². The molecular formula is C31H43NO3SSi. The van der Waals surface area contributed by atoms with Crippen LogP contribution in [0.2, 0.25) is 5.04 Å². The average Bonchev–Trinajstić information content (AvgIpc) is 2.89. The molecule has 1 aliphatic heterocycles. The van der Waals surface area contributed by atoms with Crippen molar-refractivity contribution in [1.82, 2.24) is 0 Å². The number of rotatable bonds is 11. The fourth-order valence-corrected chi connectivity index (χ4v) is 10.8. The molecule has 0 amide bonds. The summed E-state index contributed by atoms with van der Waals surface area (Å²) >= 11 is 1.54. The van der Waals surface area contributed by atoms with Gasteiger partial charge in [-0.05, 0) is 53.4 Å². The van der Waals surface area contributed by atoms with Gasteiger partial charge in [-0.2, -0.15) is 0 Å². The Morgan fingerprint density at radius 1 is 1.05 bits per heavy atom. The minimum atomic E-state index is -2.48. The summed E-state index contributed by atoms with van der Waals surface area (Å²) in [5.74, 6) is 0.772. The Morgan fingerprint density at radius 2 is 1.68 bits per heavy atom. The van der Waals surface area contributed by atoms with Gasteiger partial charge in [-0.25, -0.2) is 0 Å². The fraction of sp³-hybridized carbons (Fsp3) is 0.484. The molecule has 200 valence electrons. The minimum absolute atomic E-state index is 0.0111. The van der Waals surface area contributed by atoms with Crippen LogP contribution >= 0.6 is 11.8 Å². The van der Waals surface area contributed by atoms with Crippen LogP contribution in [-0.2, 0) is 14.0 Å². The summed E-state index contributed by atoms with van der Waals surface area (Å²) in [6.07, 6.45) is 9.76. The number of esters is 1. The van der Waals surface area contributed by atoms with E-state index in [9.17, 15) is 4.79 Å². The molecule has 0 bridgehead atoms. The van der Waals surface area contributed by atoms with Crippen LogP contribution in [0.5, 0.6) is 0 Å². The highest BCUT2D eigenvalue weighted by molar-refractivity contribution is 8.14. The van der Waals surface area contributed by atoms with Gasteiger partial charge in [0.15, 0.2) is 0 Å². The number of hydrogen-bond acceptors (Lipinski definition) is 5. The predicted molar refractivity (Wildman–Crippen MR) is 161 cm³/mol. The maximum Gasteiger partial charge on any atom is 0.316 e. The number of hydrogen-bond donors (Lipinski definition) is 0. The molecule has 37 heavy (non-hydrogen) atoms. The quantitative estimate of drug-likeness (QED) is 0.144. The van der Waals surface area contributed by atoms with Gasteiger partial charge in [-0.1, -0.05) is 112 Å². The van der Waals surface area contributed by atoms with Crippen molar-refractivity contribution < 1.29 is 14.0 Å². The largest absolute Gasteiger partial charge is 0.468 e. The summed E-state index contributed by atoms with van der Waals surface area (Å²) in [5, 5.41) is 3.71. The average molecular weight is 538 g/mol. The number of methoxy groups -OCH3 is 1. The lowest BCUT2D eigenvalue weighted by Gasteiger charge is -2.42. The van der Waals surface area contributed by atoms with Crippen LogP contribution in [0.3, 0.4) is 0 Å². The molecule has 0 unspecified atom stereocenters. The summed E-state index contributed by atoms with van der Waals surface area (Å²) in [6.45, 7) is 9.83. The molecule has 0 radical (unpaired) electrons. The van der Waals surface area contributed by atoms with Crippen molar-refractivity contribution in [2.45, 2.75) is 70.9 Å². The van der Waals surface area contributed by atoms with Crippen molar-refractivity contribution in [2.24, 2.45) is 10.9 Å². The van der Waals surface area contributed by atoms with Crippen LogP contribution in [0.1, 0.15) is 59.8 Å². The van der Waals surface area contributed by atoms with E-state index in [0.29, 0.717) is 24.3 Å². The summed E-state index contributed by atoms with van der Waals surface area (Å²) in [4.78, 5) is 16.4. The smallest absolute Gasteiger partial charge is 0.316 e. The van der Waals surface area contributed by atoms with Gasteiger partial charge in [-0.15, -0.1) is 0 Å². The fourth-order valence-electron chi connectivity index (χ4n) is 5.23. The van der Waals surface area contributed by atoms with Crippen LogP contribution in [0.4, 0.5) is 0 Å². The second-order valence-corrected chi connectivity index (χ2v) is 16.3. The third-order valence-corrected chi connectivity index (χ3v) is 13.0. The van der Waals surface area contributed by atoms with Crippen molar-refractivity contribution >= 4 is 41.5 Å². The molecule has 1 aliphatic rings. The van der Waals surface area contributed by atoms with E-state index in [0.717, 1.165) is 37.1 Å². The molecule has 2 aromatic carbocycles. The van der Waals surface area contributed by atoms with E-state index in [-0.39, 0.29) is 11.0 Å². The van der Waals surface area contributed by atoms with Gasteiger partial charge in [-0.3, -0.25) is 9.79 Å². The first-order valence-corrected chi connectivity index (χ1v) is 16.3. The van der Waals surface area contributed by atoms with Crippen LogP contribution in [0, 0.1) is 5.92 Å². The van der Waals surface area contributed by atoms with Crippen molar-refractivity contribution in [2.75, 3.05) is 19.5 Å². The number of nitrogens with zero attached hydrogens (tertiary/aromatic N) is 1. The molecule has 2 aromatic rings. The van der Waals surface area contributed by atoms with Crippen LogP contribution in [0.25, 0.3) is 0 Å². The number of allylic oxidation sites excluding steroid dienone is 1. The third-order valence-electron chi connectivity index (χ3n) is 7.00. The van der Waals surface area contributed by atoms with Gasteiger partial charge in [0.2, 0.25) is 0 Å². The zero-order valence-electron chi connectivity index (χ0n) is 23.1. The van der Waals surface area contributed by atoms with E-state index in [1.807, 2.05) is 0 Å². The highest BCUT2D eigenvalue weighted by Crippen LogP contribution is 2.36. The van der Waals surface area contributed by atoms with E-state index in [2.05, 4.69) is 101 Å². The van der Waals surface area contributed by atoms with E-state index >= 15 is 0 Å². The Kier molecular flexibility index (Phi) is 11.2. The first-order chi connectivity index (χ1) is 17.8. The number of thioether (sulfide) groups is 1. The van der Waals surface area contributed by atoms with Crippen LogP contribution < -0.4 is 10.4 Å². The highest BCUT2D eigenvalue weighted by atomic mass is 32.2. The van der Waals surface area contributed by atoms with Gasteiger partial charge in [0.25, 0.3) is 8.32 Å². The van der Waals surface area contributed by atoms with E-state index < -0.39 is 8.32 Å². The van der Waals surface area contributed by atoms with E-state index in [1.165, 1.54) is 29.2 Å². The van der Waals surface area contributed by atoms with Crippen molar-refractivity contribution in [3.8, 4) is 0 Å². The number of benzene rings is 2. The van der Waals surface area contributed by atoms with E-state index in [1.54, 1.807) is 0 Å². The van der Waals surface area contributed by atoms with Crippen LogP contribution in [-0.4, -0.2) is 44.8 Å². The Morgan fingerprint density at radius 3 is 2.24 bits per heavy atom. The zero-order valence-corrected chi connectivity index (χ0v) is 24.9. The van der Waals surface area contributed by atoms with Gasteiger partial charge in [0.1, 0.15) is 0 Å². The molecule has 0 saturated carbocycles. The first kappa shape index (κ1) is 29.4. The highest BCUT2D eigenvalue weighted by Gasteiger charge is 2.49. The summed E-state index contributed by atoms with van der Waals surface area (Å²) in [5.41, 5.74) is 0. The topological polar surface area (TPSA) is 47.9 Å². The number of carbonyl (C=O) groups is 1. The van der Waals surface area contributed by atoms with Crippen molar-refractivity contribution in [3.05, 3.63) is 72.8 Å². The lowest BCUT2D eigenvalue weighted by atomic mass is 9.93. The number of carbonyl (C=O) groups excluding carboxylic acids is 1. The van der Waals surface area contributed by atoms with Crippen LogP contribution in [0.15, 0.2) is 77.8 Å². The number of aliphatic imine (C=N–C) groups is 1. The molecule has 0 saturated heterocycles. The molecule has 4 nitrogen and oxygen atoms in total. The Labute approximate surface area is 229 Å². The van der Waals surface area contributed by atoms with Gasteiger partial charge in [0.05, 0.1) is 30.6 Å². The molecule has 0 N–H and O–H groups in total. The molecule has 2 atom stereocenters. The van der Waals surface area contributed by atoms with E-state index in [4.69, 9.17) is 14.2 Å². The van der Waals surface area contributed by atoms with Gasteiger partial charge >= 0.3 is 5.97 Å². The molecule has 0 aromatic heterocycles. The molecule has 0 fully saturated rings.